The standard InChI is InChI=1S/C16H15FN2/c1-12-3-2-4-14(11-18)16(12)19-10-9-13-5-7-15(17)8-6-13/h2-8,19H,9-10H2,1H3. The Morgan fingerprint density at radius 3 is 2.58 bits per heavy atom. The first-order valence-corrected chi connectivity index (χ1v) is 6.19. The third kappa shape index (κ3) is 3.32. The first-order valence-electron chi connectivity index (χ1n) is 6.19. The van der Waals surface area contributed by atoms with Gasteiger partial charge in [-0.15, -0.1) is 0 Å². The van der Waals surface area contributed by atoms with Crippen LogP contribution >= 0.6 is 0 Å². The van der Waals surface area contributed by atoms with Crippen molar-refractivity contribution in [1.29, 1.82) is 5.26 Å². The van der Waals surface area contributed by atoms with Crippen molar-refractivity contribution >= 4 is 5.69 Å². The van der Waals surface area contributed by atoms with Gasteiger partial charge in [0.2, 0.25) is 0 Å². The maximum absolute atomic E-state index is 12.8. The summed E-state index contributed by atoms with van der Waals surface area (Å²) in [7, 11) is 0. The maximum Gasteiger partial charge on any atom is 0.123 e. The Bertz CT molecular complexity index is 597. The Balaban J connectivity index is 2.00. The van der Waals surface area contributed by atoms with Crippen molar-refractivity contribution in [3.63, 3.8) is 0 Å². The normalized spacial score (nSPS) is 9.95. The van der Waals surface area contributed by atoms with Crippen LogP contribution in [0.15, 0.2) is 42.5 Å². The topological polar surface area (TPSA) is 35.8 Å². The molecule has 3 heteroatoms. The number of nitriles is 1. The molecule has 0 aromatic heterocycles. The van der Waals surface area contributed by atoms with Gasteiger partial charge in [-0.05, 0) is 42.7 Å². The van der Waals surface area contributed by atoms with Crippen LogP contribution in [0, 0.1) is 24.1 Å². The van der Waals surface area contributed by atoms with Crippen LogP contribution in [0.5, 0.6) is 0 Å². The Morgan fingerprint density at radius 1 is 1.16 bits per heavy atom. The highest BCUT2D eigenvalue weighted by Gasteiger charge is 2.04. The highest BCUT2D eigenvalue weighted by atomic mass is 19.1. The summed E-state index contributed by atoms with van der Waals surface area (Å²) in [5, 5.41) is 12.3. The summed E-state index contributed by atoms with van der Waals surface area (Å²) in [6, 6.07) is 14.3. The predicted molar refractivity (Wildman–Crippen MR) is 74.5 cm³/mol. The third-order valence-corrected chi connectivity index (χ3v) is 3.02. The summed E-state index contributed by atoms with van der Waals surface area (Å²) >= 11 is 0. The minimum Gasteiger partial charge on any atom is -0.383 e. The number of aryl methyl sites for hydroxylation is 1. The Hall–Kier alpha value is -2.34. The fourth-order valence-electron chi connectivity index (χ4n) is 1.98. The SMILES string of the molecule is Cc1cccc(C#N)c1NCCc1ccc(F)cc1. The molecule has 0 saturated heterocycles. The summed E-state index contributed by atoms with van der Waals surface area (Å²) in [5.41, 5.74) is 3.66. The molecule has 0 radical (unpaired) electrons. The van der Waals surface area contributed by atoms with E-state index in [0.29, 0.717) is 12.1 Å². The van der Waals surface area contributed by atoms with Crippen LogP contribution < -0.4 is 5.32 Å². The fourth-order valence-corrected chi connectivity index (χ4v) is 1.98. The molecular formula is C16H15FN2. The van der Waals surface area contributed by atoms with Gasteiger partial charge in [0.15, 0.2) is 0 Å². The van der Waals surface area contributed by atoms with Gasteiger partial charge in [-0.3, -0.25) is 0 Å². The molecule has 0 fully saturated rings. The van der Waals surface area contributed by atoms with E-state index in [4.69, 9.17) is 5.26 Å². The molecule has 1 N–H and O–H groups in total. The Morgan fingerprint density at radius 2 is 1.89 bits per heavy atom. The number of benzene rings is 2. The molecule has 0 aliphatic rings. The van der Waals surface area contributed by atoms with E-state index in [0.717, 1.165) is 23.2 Å². The molecule has 0 spiro atoms. The molecule has 0 atom stereocenters. The van der Waals surface area contributed by atoms with E-state index in [9.17, 15) is 4.39 Å². The smallest absolute Gasteiger partial charge is 0.123 e. The fraction of sp³-hybridized carbons (Fsp3) is 0.188. The van der Waals surface area contributed by atoms with Gasteiger partial charge in [-0.2, -0.15) is 5.26 Å². The van der Waals surface area contributed by atoms with Gasteiger partial charge in [0.05, 0.1) is 11.3 Å². The third-order valence-electron chi connectivity index (χ3n) is 3.02. The minimum atomic E-state index is -0.220. The molecule has 0 saturated carbocycles. The van der Waals surface area contributed by atoms with Gasteiger partial charge < -0.3 is 5.32 Å². The number of hydrogen-bond donors (Lipinski definition) is 1. The average molecular weight is 254 g/mol. The lowest BCUT2D eigenvalue weighted by Crippen LogP contribution is -2.07. The van der Waals surface area contributed by atoms with Gasteiger partial charge in [-0.25, -0.2) is 4.39 Å². The van der Waals surface area contributed by atoms with Crippen molar-refractivity contribution in [3.05, 3.63) is 65.0 Å². The van der Waals surface area contributed by atoms with Crippen LogP contribution in [-0.2, 0) is 6.42 Å². The monoisotopic (exact) mass is 254 g/mol. The van der Waals surface area contributed by atoms with E-state index < -0.39 is 0 Å². The number of para-hydroxylation sites is 1. The number of rotatable bonds is 4. The van der Waals surface area contributed by atoms with Crippen LogP contribution in [0.1, 0.15) is 16.7 Å². The highest BCUT2D eigenvalue weighted by molar-refractivity contribution is 5.62. The lowest BCUT2D eigenvalue weighted by Gasteiger charge is -2.11. The van der Waals surface area contributed by atoms with Crippen molar-refractivity contribution in [2.75, 3.05) is 11.9 Å². The summed E-state index contributed by atoms with van der Waals surface area (Å²) in [6.07, 6.45) is 0.791. The van der Waals surface area contributed by atoms with Gasteiger partial charge in [0, 0.05) is 6.54 Å². The van der Waals surface area contributed by atoms with Crippen molar-refractivity contribution in [2.45, 2.75) is 13.3 Å². The van der Waals surface area contributed by atoms with Crippen molar-refractivity contribution in [3.8, 4) is 6.07 Å². The van der Waals surface area contributed by atoms with Gasteiger partial charge >= 0.3 is 0 Å². The van der Waals surface area contributed by atoms with Gasteiger partial charge in [-0.1, -0.05) is 24.3 Å². The lowest BCUT2D eigenvalue weighted by atomic mass is 10.1. The molecule has 0 heterocycles. The quantitative estimate of drug-likeness (QED) is 0.903. The summed E-state index contributed by atoms with van der Waals surface area (Å²) in [5.74, 6) is -0.220. The number of halogens is 1. The highest BCUT2D eigenvalue weighted by Crippen LogP contribution is 2.19. The van der Waals surface area contributed by atoms with E-state index in [-0.39, 0.29) is 5.82 Å². The van der Waals surface area contributed by atoms with Crippen molar-refractivity contribution < 1.29 is 4.39 Å². The summed E-state index contributed by atoms with van der Waals surface area (Å²) < 4.78 is 12.8. The van der Waals surface area contributed by atoms with Crippen LogP contribution in [0.3, 0.4) is 0 Å². The van der Waals surface area contributed by atoms with Crippen molar-refractivity contribution in [1.82, 2.24) is 0 Å². The van der Waals surface area contributed by atoms with Crippen LogP contribution in [0.25, 0.3) is 0 Å². The number of nitrogens with one attached hydrogen (secondary N) is 1. The molecule has 0 aliphatic carbocycles. The van der Waals surface area contributed by atoms with E-state index in [1.54, 1.807) is 18.2 Å². The molecule has 2 aromatic rings. The molecule has 2 nitrogen and oxygen atoms in total. The van der Waals surface area contributed by atoms with E-state index in [1.165, 1.54) is 12.1 Å². The average Bonchev–Trinajstić information content (AvgIpc) is 2.42. The molecule has 0 bridgehead atoms. The second kappa shape index (κ2) is 6.01. The van der Waals surface area contributed by atoms with Crippen molar-refractivity contribution in [2.24, 2.45) is 0 Å². The minimum absolute atomic E-state index is 0.220. The number of hydrogen-bond acceptors (Lipinski definition) is 2. The first-order chi connectivity index (χ1) is 9.20. The first kappa shape index (κ1) is 13.1. The second-order valence-electron chi connectivity index (χ2n) is 4.41. The molecule has 2 rings (SSSR count). The van der Waals surface area contributed by atoms with Gasteiger partial charge in [0.25, 0.3) is 0 Å². The van der Waals surface area contributed by atoms with E-state index >= 15 is 0 Å². The number of nitrogens with zero attached hydrogens (tertiary/aromatic N) is 1. The zero-order chi connectivity index (χ0) is 13.7. The Kier molecular flexibility index (Phi) is 4.15. The molecular weight excluding hydrogens is 239 g/mol. The van der Waals surface area contributed by atoms with Crippen LogP contribution in [0.4, 0.5) is 10.1 Å². The second-order valence-corrected chi connectivity index (χ2v) is 4.41. The zero-order valence-electron chi connectivity index (χ0n) is 10.8. The summed E-state index contributed by atoms with van der Waals surface area (Å²) in [4.78, 5) is 0. The van der Waals surface area contributed by atoms with E-state index in [2.05, 4.69) is 11.4 Å². The molecule has 0 aliphatic heterocycles. The summed E-state index contributed by atoms with van der Waals surface area (Å²) in [6.45, 7) is 2.69. The molecule has 96 valence electrons. The van der Waals surface area contributed by atoms with Crippen LogP contribution in [-0.4, -0.2) is 6.54 Å². The van der Waals surface area contributed by atoms with E-state index in [1.807, 2.05) is 19.1 Å². The largest absolute Gasteiger partial charge is 0.383 e. The molecule has 0 unspecified atom stereocenters. The molecule has 0 amide bonds. The lowest BCUT2D eigenvalue weighted by molar-refractivity contribution is 0.627. The van der Waals surface area contributed by atoms with Crippen LogP contribution in [0.2, 0.25) is 0 Å². The Labute approximate surface area is 112 Å². The van der Waals surface area contributed by atoms with Gasteiger partial charge in [0.1, 0.15) is 11.9 Å². The maximum atomic E-state index is 12.8. The molecule has 2 aromatic carbocycles. The molecule has 19 heavy (non-hydrogen) atoms. The predicted octanol–water partition coefficient (Wildman–Crippen LogP) is 3.66. The number of anilines is 1. The zero-order valence-corrected chi connectivity index (χ0v) is 10.8.